The summed E-state index contributed by atoms with van der Waals surface area (Å²) in [6.45, 7) is 0. The first-order valence-corrected chi connectivity index (χ1v) is 8.89. The standard InChI is InChI=1S/C21H18N4O3/c1-28-21(27)14(11-22)19-20(24-16-9-5-4-8-15(16)23-19)25-18-13-7-3-2-6-12(13)10-17(18)26/h2-9,14,17-18,26H,10H2,1H3,(H,24,25)/t14?,17-,18+/m1/s1. The number of aromatic nitrogens is 2. The molecule has 7 nitrogen and oxygen atoms in total. The number of para-hydroxylation sites is 2. The zero-order chi connectivity index (χ0) is 19.7. The van der Waals surface area contributed by atoms with Gasteiger partial charge in [0.2, 0.25) is 0 Å². The normalized spacial score (nSPS) is 18.9. The average molecular weight is 374 g/mol. The lowest BCUT2D eigenvalue weighted by Crippen LogP contribution is -2.24. The van der Waals surface area contributed by atoms with E-state index in [-0.39, 0.29) is 11.5 Å². The summed E-state index contributed by atoms with van der Waals surface area (Å²) >= 11 is 0. The molecule has 0 bridgehead atoms. The van der Waals surface area contributed by atoms with Crippen LogP contribution in [-0.4, -0.2) is 34.3 Å². The number of hydrogen-bond acceptors (Lipinski definition) is 7. The van der Waals surface area contributed by atoms with Gasteiger partial charge in [-0.3, -0.25) is 4.79 Å². The Morgan fingerprint density at radius 2 is 1.89 bits per heavy atom. The number of anilines is 1. The maximum atomic E-state index is 12.1. The molecule has 2 aromatic carbocycles. The molecule has 2 N–H and O–H groups in total. The first kappa shape index (κ1) is 17.9. The van der Waals surface area contributed by atoms with Gasteiger partial charge in [0.1, 0.15) is 5.69 Å². The fraction of sp³-hybridized carbons (Fsp3) is 0.238. The van der Waals surface area contributed by atoms with Crippen molar-refractivity contribution in [2.75, 3.05) is 12.4 Å². The number of nitrogens with one attached hydrogen (secondary N) is 1. The molecule has 0 radical (unpaired) electrons. The van der Waals surface area contributed by atoms with Crippen LogP contribution in [0.3, 0.4) is 0 Å². The Morgan fingerprint density at radius 1 is 1.21 bits per heavy atom. The van der Waals surface area contributed by atoms with Gasteiger partial charge < -0.3 is 15.2 Å². The number of ether oxygens (including phenoxy) is 1. The smallest absolute Gasteiger partial charge is 0.329 e. The molecule has 0 amide bonds. The largest absolute Gasteiger partial charge is 0.468 e. The number of fused-ring (bicyclic) bond motifs is 2. The Labute approximate surface area is 161 Å². The van der Waals surface area contributed by atoms with Crippen LogP contribution in [-0.2, 0) is 16.0 Å². The van der Waals surface area contributed by atoms with Gasteiger partial charge in [-0.15, -0.1) is 0 Å². The molecule has 1 heterocycles. The van der Waals surface area contributed by atoms with Gasteiger partial charge in [-0.2, -0.15) is 5.26 Å². The summed E-state index contributed by atoms with van der Waals surface area (Å²) in [4.78, 5) is 21.2. The van der Waals surface area contributed by atoms with E-state index < -0.39 is 24.0 Å². The third-order valence-electron chi connectivity index (χ3n) is 4.93. The predicted molar refractivity (Wildman–Crippen MR) is 102 cm³/mol. The number of aliphatic hydroxyl groups is 1. The topological polar surface area (TPSA) is 108 Å². The number of rotatable bonds is 4. The summed E-state index contributed by atoms with van der Waals surface area (Å²) in [5, 5.41) is 23.3. The van der Waals surface area contributed by atoms with Crippen molar-refractivity contribution in [3.63, 3.8) is 0 Å². The molecule has 7 heteroatoms. The SMILES string of the molecule is COC(=O)C(C#N)c1nc2ccccc2nc1N[C@H]1c2ccccc2C[C@H]1O. The van der Waals surface area contributed by atoms with Crippen molar-refractivity contribution in [3.8, 4) is 6.07 Å². The Morgan fingerprint density at radius 3 is 2.61 bits per heavy atom. The molecular weight excluding hydrogens is 356 g/mol. The molecule has 0 saturated carbocycles. The highest BCUT2D eigenvalue weighted by Gasteiger charge is 2.34. The van der Waals surface area contributed by atoms with Gasteiger partial charge in [0.25, 0.3) is 0 Å². The number of carbonyl (C=O) groups excluding carboxylic acids is 1. The molecule has 0 aliphatic heterocycles. The summed E-state index contributed by atoms with van der Waals surface area (Å²) in [5.41, 5.74) is 3.38. The van der Waals surface area contributed by atoms with E-state index in [4.69, 9.17) is 4.74 Å². The molecule has 1 aliphatic rings. The van der Waals surface area contributed by atoms with E-state index in [0.717, 1.165) is 11.1 Å². The third-order valence-corrected chi connectivity index (χ3v) is 4.93. The lowest BCUT2D eigenvalue weighted by Gasteiger charge is -2.21. The van der Waals surface area contributed by atoms with Crippen LogP contribution in [0.1, 0.15) is 28.8 Å². The monoisotopic (exact) mass is 374 g/mol. The highest BCUT2D eigenvalue weighted by Crippen LogP contribution is 2.35. The van der Waals surface area contributed by atoms with E-state index in [1.165, 1.54) is 7.11 Å². The number of carbonyl (C=O) groups is 1. The van der Waals surface area contributed by atoms with E-state index in [1.54, 1.807) is 12.1 Å². The van der Waals surface area contributed by atoms with Crippen LogP contribution in [0.2, 0.25) is 0 Å². The Bertz CT molecular complexity index is 1090. The van der Waals surface area contributed by atoms with E-state index in [2.05, 4.69) is 15.3 Å². The average Bonchev–Trinajstić information content (AvgIpc) is 3.03. The zero-order valence-corrected chi connectivity index (χ0v) is 15.2. The highest BCUT2D eigenvalue weighted by atomic mass is 16.5. The number of hydrogen-bond donors (Lipinski definition) is 2. The number of nitrogens with zero attached hydrogens (tertiary/aromatic N) is 3. The van der Waals surface area contributed by atoms with Crippen LogP contribution in [0.5, 0.6) is 0 Å². The van der Waals surface area contributed by atoms with Gasteiger partial charge >= 0.3 is 5.97 Å². The van der Waals surface area contributed by atoms with E-state index >= 15 is 0 Å². The van der Waals surface area contributed by atoms with Crippen molar-refractivity contribution in [3.05, 3.63) is 65.4 Å². The number of benzene rings is 2. The molecular formula is C21H18N4O3. The molecule has 4 rings (SSSR count). The summed E-state index contributed by atoms with van der Waals surface area (Å²) in [5.74, 6) is -1.64. The minimum absolute atomic E-state index is 0.185. The molecule has 1 unspecified atom stereocenters. The third kappa shape index (κ3) is 3.04. The second kappa shape index (κ2) is 7.25. The minimum atomic E-state index is -1.22. The van der Waals surface area contributed by atoms with Crippen molar-refractivity contribution in [2.45, 2.75) is 24.5 Å². The molecule has 1 aromatic heterocycles. The summed E-state index contributed by atoms with van der Waals surface area (Å²) in [7, 11) is 1.23. The van der Waals surface area contributed by atoms with Gasteiger partial charge in [0, 0.05) is 6.42 Å². The highest BCUT2D eigenvalue weighted by molar-refractivity contribution is 5.85. The fourth-order valence-electron chi connectivity index (χ4n) is 3.56. The van der Waals surface area contributed by atoms with Crippen LogP contribution in [0.25, 0.3) is 11.0 Å². The van der Waals surface area contributed by atoms with Gasteiger partial charge in [-0.1, -0.05) is 36.4 Å². The number of nitriles is 1. The van der Waals surface area contributed by atoms with Crippen LogP contribution in [0.4, 0.5) is 5.82 Å². The second-order valence-corrected chi connectivity index (χ2v) is 6.62. The van der Waals surface area contributed by atoms with Crippen molar-refractivity contribution in [1.29, 1.82) is 5.26 Å². The molecule has 3 atom stereocenters. The zero-order valence-electron chi connectivity index (χ0n) is 15.2. The fourth-order valence-corrected chi connectivity index (χ4v) is 3.56. The maximum Gasteiger partial charge on any atom is 0.329 e. The first-order chi connectivity index (χ1) is 13.6. The van der Waals surface area contributed by atoms with Gasteiger partial charge in [0.15, 0.2) is 11.7 Å². The Hall–Kier alpha value is -3.50. The number of esters is 1. The van der Waals surface area contributed by atoms with Crippen molar-refractivity contribution in [1.82, 2.24) is 9.97 Å². The summed E-state index contributed by atoms with van der Waals surface area (Å²) in [6.07, 6.45) is -0.139. The lowest BCUT2D eigenvalue weighted by atomic mass is 10.0. The van der Waals surface area contributed by atoms with Crippen molar-refractivity contribution >= 4 is 22.8 Å². The van der Waals surface area contributed by atoms with Crippen LogP contribution in [0, 0.1) is 11.3 Å². The molecule has 3 aromatic rings. The quantitative estimate of drug-likeness (QED) is 0.675. The molecule has 0 fully saturated rings. The summed E-state index contributed by atoms with van der Waals surface area (Å²) in [6, 6.07) is 16.5. The second-order valence-electron chi connectivity index (χ2n) is 6.62. The van der Waals surface area contributed by atoms with E-state index in [0.29, 0.717) is 17.5 Å². The van der Waals surface area contributed by atoms with Gasteiger partial charge in [-0.05, 0) is 23.3 Å². The minimum Gasteiger partial charge on any atom is -0.468 e. The van der Waals surface area contributed by atoms with Crippen LogP contribution >= 0.6 is 0 Å². The van der Waals surface area contributed by atoms with Crippen LogP contribution in [0.15, 0.2) is 48.5 Å². The lowest BCUT2D eigenvalue weighted by molar-refractivity contribution is -0.141. The van der Waals surface area contributed by atoms with Crippen molar-refractivity contribution < 1.29 is 14.6 Å². The summed E-state index contributed by atoms with van der Waals surface area (Å²) < 4.78 is 4.77. The van der Waals surface area contributed by atoms with Gasteiger partial charge in [0.05, 0.1) is 36.4 Å². The molecule has 28 heavy (non-hydrogen) atoms. The maximum absolute atomic E-state index is 12.1. The molecule has 0 spiro atoms. The molecule has 1 aliphatic carbocycles. The van der Waals surface area contributed by atoms with E-state index in [9.17, 15) is 15.2 Å². The Balaban J connectivity index is 1.82. The van der Waals surface area contributed by atoms with Crippen LogP contribution < -0.4 is 5.32 Å². The predicted octanol–water partition coefficient (Wildman–Crippen LogP) is 2.48. The van der Waals surface area contributed by atoms with Crippen molar-refractivity contribution in [2.24, 2.45) is 0 Å². The molecule has 140 valence electrons. The number of methoxy groups -OCH3 is 1. The van der Waals surface area contributed by atoms with E-state index in [1.807, 2.05) is 42.5 Å². The first-order valence-electron chi connectivity index (χ1n) is 8.89. The molecule has 0 saturated heterocycles. The van der Waals surface area contributed by atoms with Gasteiger partial charge in [-0.25, -0.2) is 9.97 Å². The number of aliphatic hydroxyl groups excluding tert-OH is 1. The Kier molecular flexibility index (Phi) is 4.63.